The fourth-order valence-electron chi connectivity index (χ4n) is 3.24. The van der Waals surface area contributed by atoms with Crippen molar-refractivity contribution in [2.45, 2.75) is 20.0 Å². The van der Waals surface area contributed by atoms with E-state index in [-0.39, 0.29) is 5.91 Å². The van der Waals surface area contributed by atoms with Crippen LogP contribution in [0.2, 0.25) is 0 Å². The van der Waals surface area contributed by atoms with E-state index in [4.69, 9.17) is 9.47 Å². The number of aryl methyl sites for hydroxylation is 1. The molecule has 0 aliphatic rings. The number of benzene rings is 4. The third-order valence-corrected chi connectivity index (χ3v) is 5.17. The van der Waals surface area contributed by atoms with E-state index in [0.29, 0.717) is 17.1 Å². The number of hydrazone groups is 1. The zero-order chi connectivity index (χ0) is 23.9. The zero-order valence-electron chi connectivity index (χ0n) is 18.9. The van der Waals surface area contributed by atoms with Gasteiger partial charge in [0.15, 0.2) is 6.10 Å². The van der Waals surface area contributed by atoms with Crippen LogP contribution in [0.5, 0.6) is 11.5 Å². The number of carbonyl (C=O) groups is 2. The van der Waals surface area contributed by atoms with Crippen LogP contribution in [0.3, 0.4) is 0 Å². The molecule has 4 aromatic carbocycles. The Balaban J connectivity index is 1.28. The first-order valence-corrected chi connectivity index (χ1v) is 10.9. The Bertz CT molecular complexity index is 1330. The lowest BCUT2D eigenvalue weighted by molar-refractivity contribution is -0.127. The molecule has 1 N–H and O–H groups in total. The fraction of sp³-hybridized carbons (Fsp3) is 0.107. The lowest BCUT2D eigenvalue weighted by Crippen LogP contribution is -2.33. The van der Waals surface area contributed by atoms with Gasteiger partial charge in [-0.2, -0.15) is 5.10 Å². The Labute approximate surface area is 197 Å². The van der Waals surface area contributed by atoms with E-state index in [1.807, 2.05) is 61.5 Å². The van der Waals surface area contributed by atoms with Crippen molar-refractivity contribution in [2.24, 2.45) is 5.10 Å². The number of carbonyl (C=O) groups excluding carboxylic acids is 2. The SMILES string of the molecule is Cc1ccc(C(=O)Oc2ccc(C=NNC(=O)C(C)Oc3ccc4ccccc4c3)cc2)cc1. The molecule has 0 bridgehead atoms. The lowest BCUT2D eigenvalue weighted by atomic mass is 10.1. The minimum absolute atomic E-state index is 0.368. The summed E-state index contributed by atoms with van der Waals surface area (Å²) < 4.78 is 11.1. The molecule has 0 aromatic heterocycles. The van der Waals surface area contributed by atoms with Crippen molar-refractivity contribution in [3.63, 3.8) is 0 Å². The Morgan fingerprint density at radius 1 is 0.853 bits per heavy atom. The van der Waals surface area contributed by atoms with Gasteiger partial charge in [0, 0.05) is 0 Å². The predicted octanol–water partition coefficient (Wildman–Crippen LogP) is 5.29. The van der Waals surface area contributed by atoms with Crippen LogP contribution in [0.4, 0.5) is 0 Å². The Morgan fingerprint density at radius 2 is 1.53 bits per heavy atom. The Morgan fingerprint density at radius 3 is 2.26 bits per heavy atom. The molecule has 0 fully saturated rings. The summed E-state index contributed by atoms with van der Waals surface area (Å²) in [5.41, 5.74) is 4.77. The van der Waals surface area contributed by atoms with Gasteiger partial charge < -0.3 is 9.47 Å². The van der Waals surface area contributed by atoms with Crippen LogP contribution >= 0.6 is 0 Å². The second kappa shape index (κ2) is 10.4. The van der Waals surface area contributed by atoms with Crippen molar-refractivity contribution in [3.8, 4) is 11.5 Å². The number of hydrogen-bond acceptors (Lipinski definition) is 5. The molecule has 1 unspecified atom stereocenters. The molecule has 4 aromatic rings. The lowest BCUT2D eigenvalue weighted by Gasteiger charge is -2.13. The smallest absolute Gasteiger partial charge is 0.343 e. The summed E-state index contributed by atoms with van der Waals surface area (Å²) in [5, 5.41) is 6.13. The first-order chi connectivity index (χ1) is 16.5. The van der Waals surface area contributed by atoms with Gasteiger partial charge in [-0.05, 0) is 78.7 Å². The molecule has 6 heteroatoms. The molecular formula is C28H24N2O4. The Hall–Kier alpha value is -4.45. The summed E-state index contributed by atoms with van der Waals surface area (Å²) in [4.78, 5) is 24.5. The average Bonchev–Trinajstić information content (AvgIpc) is 2.85. The molecule has 1 amide bonds. The van der Waals surface area contributed by atoms with E-state index in [9.17, 15) is 9.59 Å². The zero-order valence-corrected chi connectivity index (χ0v) is 18.9. The highest BCUT2D eigenvalue weighted by molar-refractivity contribution is 5.91. The normalized spacial score (nSPS) is 11.8. The third-order valence-electron chi connectivity index (χ3n) is 5.17. The summed E-state index contributed by atoms with van der Waals surface area (Å²) in [6.45, 7) is 3.62. The van der Waals surface area contributed by atoms with Gasteiger partial charge in [-0.25, -0.2) is 10.2 Å². The van der Waals surface area contributed by atoms with Gasteiger partial charge in [-0.1, -0.05) is 48.0 Å². The van der Waals surface area contributed by atoms with Gasteiger partial charge in [-0.15, -0.1) is 0 Å². The Kier molecular flexibility index (Phi) is 6.98. The molecule has 0 saturated heterocycles. The standard InChI is InChI=1S/C28H24N2O4/c1-19-7-11-23(12-8-19)28(32)34-25-14-9-21(10-15-25)18-29-30-27(31)20(2)33-26-16-13-22-5-3-4-6-24(22)17-26/h3-18,20H,1-2H3,(H,30,31). The quantitative estimate of drug-likeness (QED) is 0.179. The monoisotopic (exact) mass is 452 g/mol. The first-order valence-electron chi connectivity index (χ1n) is 10.9. The maximum Gasteiger partial charge on any atom is 0.343 e. The van der Waals surface area contributed by atoms with Crippen LogP contribution in [0.25, 0.3) is 10.8 Å². The molecule has 0 aliphatic heterocycles. The molecule has 34 heavy (non-hydrogen) atoms. The minimum atomic E-state index is -0.720. The largest absolute Gasteiger partial charge is 0.481 e. The number of nitrogens with zero attached hydrogens (tertiary/aromatic N) is 1. The van der Waals surface area contributed by atoms with E-state index in [1.54, 1.807) is 43.3 Å². The molecule has 0 heterocycles. The van der Waals surface area contributed by atoms with E-state index in [2.05, 4.69) is 10.5 Å². The van der Waals surface area contributed by atoms with Crippen molar-refractivity contribution in [1.29, 1.82) is 0 Å². The number of fused-ring (bicyclic) bond motifs is 1. The van der Waals surface area contributed by atoms with Crippen molar-refractivity contribution < 1.29 is 19.1 Å². The second-order valence-corrected chi connectivity index (χ2v) is 7.83. The summed E-state index contributed by atoms with van der Waals surface area (Å²) in [6.07, 6.45) is 0.786. The molecule has 0 aliphatic carbocycles. The minimum Gasteiger partial charge on any atom is -0.481 e. The molecule has 1 atom stereocenters. The highest BCUT2D eigenvalue weighted by Crippen LogP contribution is 2.21. The number of amides is 1. The average molecular weight is 453 g/mol. The highest BCUT2D eigenvalue weighted by atomic mass is 16.5. The molecular weight excluding hydrogens is 428 g/mol. The van der Waals surface area contributed by atoms with E-state index in [1.165, 1.54) is 6.21 Å². The van der Waals surface area contributed by atoms with Gasteiger partial charge in [0.2, 0.25) is 0 Å². The van der Waals surface area contributed by atoms with Crippen molar-refractivity contribution in [1.82, 2.24) is 5.43 Å². The summed E-state index contributed by atoms with van der Waals surface area (Å²) >= 11 is 0. The van der Waals surface area contributed by atoms with Gasteiger partial charge in [0.1, 0.15) is 11.5 Å². The van der Waals surface area contributed by atoms with Crippen molar-refractivity contribution in [3.05, 3.63) is 108 Å². The molecule has 6 nitrogen and oxygen atoms in total. The molecule has 0 saturated carbocycles. The number of esters is 1. The number of rotatable bonds is 7. The van der Waals surface area contributed by atoms with E-state index in [0.717, 1.165) is 21.9 Å². The molecule has 4 rings (SSSR count). The maximum atomic E-state index is 12.3. The van der Waals surface area contributed by atoms with Crippen molar-refractivity contribution in [2.75, 3.05) is 0 Å². The summed E-state index contributed by atoms with van der Waals surface area (Å²) in [7, 11) is 0. The maximum absolute atomic E-state index is 12.3. The van der Waals surface area contributed by atoms with Gasteiger partial charge >= 0.3 is 5.97 Å². The highest BCUT2D eigenvalue weighted by Gasteiger charge is 2.14. The summed E-state index contributed by atoms with van der Waals surface area (Å²) in [6, 6.07) is 27.6. The number of nitrogens with one attached hydrogen (secondary N) is 1. The van der Waals surface area contributed by atoms with Gasteiger partial charge in [-0.3, -0.25) is 4.79 Å². The second-order valence-electron chi connectivity index (χ2n) is 7.83. The first kappa shape index (κ1) is 22.7. The van der Waals surface area contributed by atoms with Crippen LogP contribution in [-0.4, -0.2) is 24.2 Å². The van der Waals surface area contributed by atoms with E-state index >= 15 is 0 Å². The van der Waals surface area contributed by atoms with E-state index < -0.39 is 12.1 Å². The van der Waals surface area contributed by atoms with Crippen LogP contribution in [0.15, 0.2) is 96.1 Å². The van der Waals surface area contributed by atoms with Crippen LogP contribution in [0, 0.1) is 6.92 Å². The number of hydrogen-bond donors (Lipinski definition) is 1. The van der Waals surface area contributed by atoms with Crippen molar-refractivity contribution >= 4 is 28.9 Å². The van der Waals surface area contributed by atoms with Gasteiger partial charge in [0.05, 0.1) is 11.8 Å². The fourth-order valence-corrected chi connectivity index (χ4v) is 3.24. The topological polar surface area (TPSA) is 77.0 Å². The van der Waals surface area contributed by atoms with Crippen LogP contribution in [-0.2, 0) is 4.79 Å². The molecule has 170 valence electrons. The van der Waals surface area contributed by atoms with Gasteiger partial charge in [0.25, 0.3) is 5.91 Å². The molecule has 0 spiro atoms. The van der Waals surface area contributed by atoms with Crippen LogP contribution in [0.1, 0.15) is 28.4 Å². The number of ether oxygens (including phenoxy) is 2. The summed E-state index contributed by atoms with van der Waals surface area (Å²) in [5.74, 6) is 0.243. The molecule has 0 radical (unpaired) electrons. The van der Waals surface area contributed by atoms with Crippen LogP contribution < -0.4 is 14.9 Å². The predicted molar refractivity (Wildman–Crippen MR) is 132 cm³/mol. The third kappa shape index (κ3) is 5.86.